The summed E-state index contributed by atoms with van der Waals surface area (Å²) in [4.78, 5) is 0. The predicted octanol–water partition coefficient (Wildman–Crippen LogP) is 5.28. The van der Waals surface area contributed by atoms with Crippen molar-refractivity contribution in [3.63, 3.8) is 0 Å². The largest absolute Gasteiger partial charge is 0.256 e. The molecule has 122 valence electrons. The Balaban J connectivity index is 2.51. The van der Waals surface area contributed by atoms with Crippen LogP contribution in [-0.2, 0) is 19.5 Å². The molecule has 21 heavy (non-hydrogen) atoms. The van der Waals surface area contributed by atoms with Crippen molar-refractivity contribution in [3.8, 4) is 0 Å². The summed E-state index contributed by atoms with van der Waals surface area (Å²) in [6.07, 6.45) is 19.3. The molecule has 0 fully saturated rings. The van der Waals surface area contributed by atoms with E-state index >= 15 is 0 Å². The van der Waals surface area contributed by atoms with Crippen LogP contribution in [0, 0.1) is 0 Å². The molecule has 0 aliphatic rings. The number of imidazole rings is 1. The summed E-state index contributed by atoms with van der Waals surface area (Å²) in [5.74, 6) is 1.56. The second kappa shape index (κ2) is 11.8. The Labute approximate surface area is 132 Å². The average Bonchev–Trinajstić information content (AvgIpc) is 2.87. The lowest BCUT2D eigenvalue weighted by Crippen LogP contribution is -2.37. The van der Waals surface area contributed by atoms with Crippen molar-refractivity contribution in [1.82, 2.24) is 4.57 Å². The highest BCUT2D eigenvalue weighted by atomic mass is 15.1. The monoisotopic (exact) mass is 293 g/mol. The first-order valence-electron chi connectivity index (χ1n) is 9.40. The molecule has 0 spiro atoms. The summed E-state index contributed by atoms with van der Waals surface area (Å²) in [6.45, 7) is 9.27. The molecule has 0 saturated carbocycles. The smallest absolute Gasteiger partial charge is 0.234 e. The first-order chi connectivity index (χ1) is 10.3. The highest BCUT2D eigenvalue weighted by molar-refractivity contribution is 4.84. The van der Waals surface area contributed by atoms with Gasteiger partial charge in [-0.1, -0.05) is 52.9 Å². The topological polar surface area (TPSA) is 8.81 Å². The minimum absolute atomic E-state index is 1.20. The second-order valence-corrected chi connectivity index (χ2v) is 6.33. The van der Waals surface area contributed by atoms with E-state index < -0.39 is 0 Å². The molecule has 0 bridgehead atoms. The molecule has 1 aromatic rings. The zero-order valence-electron chi connectivity index (χ0n) is 14.7. The quantitative estimate of drug-likeness (QED) is 0.346. The van der Waals surface area contributed by atoms with Crippen molar-refractivity contribution in [3.05, 3.63) is 18.2 Å². The maximum Gasteiger partial charge on any atom is 0.256 e. The van der Waals surface area contributed by atoms with Gasteiger partial charge in [0, 0.05) is 6.42 Å². The van der Waals surface area contributed by atoms with Crippen LogP contribution in [0.5, 0.6) is 0 Å². The standard InChI is InChI=1S/C19H37N2/c1-4-7-10-11-13-16-21-18-17-20(15-12-8-5-2)19(21)14-9-6-3/h17-18H,4-16H2,1-3H3/q+1. The fraction of sp³-hybridized carbons (Fsp3) is 0.842. The van der Waals surface area contributed by atoms with Gasteiger partial charge in [0.2, 0.25) is 0 Å². The Kier molecular flexibility index (Phi) is 10.3. The van der Waals surface area contributed by atoms with Gasteiger partial charge in [-0.2, -0.15) is 0 Å². The van der Waals surface area contributed by atoms with Crippen LogP contribution in [0.4, 0.5) is 0 Å². The van der Waals surface area contributed by atoms with Gasteiger partial charge in [-0.15, -0.1) is 0 Å². The van der Waals surface area contributed by atoms with Gasteiger partial charge in [0.15, 0.2) is 0 Å². The van der Waals surface area contributed by atoms with Gasteiger partial charge in [0.1, 0.15) is 12.4 Å². The first-order valence-corrected chi connectivity index (χ1v) is 9.40. The maximum absolute atomic E-state index is 2.52. The van der Waals surface area contributed by atoms with Crippen LogP contribution in [-0.4, -0.2) is 4.57 Å². The van der Waals surface area contributed by atoms with E-state index in [1.165, 1.54) is 83.7 Å². The normalized spacial score (nSPS) is 11.2. The van der Waals surface area contributed by atoms with Crippen LogP contribution in [0.15, 0.2) is 12.4 Å². The molecule has 1 heterocycles. The van der Waals surface area contributed by atoms with Crippen LogP contribution in [0.2, 0.25) is 0 Å². The summed E-state index contributed by atoms with van der Waals surface area (Å²) >= 11 is 0. The maximum atomic E-state index is 2.52. The molecule has 0 aromatic carbocycles. The molecule has 1 rings (SSSR count). The zero-order chi connectivity index (χ0) is 15.3. The van der Waals surface area contributed by atoms with Crippen LogP contribution >= 0.6 is 0 Å². The molecule has 2 heteroatoms. The lowest BCUT2D eigenvalue weighted by Gasteiger charge is -2.05. The molecule has 0 atom stereocenters. The van der Waals surface area contributed by atoms with E-state index in [1.54, 1.807) is 5.82 Å². The van der Waals surface area contributed by atoms with Gasteiger partial charge in [0.05, 0.1) is 13.1 Å². The van der Waals surface area contributed by atoms with Crippen molar-refractivity contribution in [2.45, 2.75) is 104 Å². The fourth-order valence-electron chi connectivity index (χ4n) is 2.95. The molecule has 0 aliphatic heterocycles. The Hall–Kier alpha value is -0.790. The number of hydrogen-bond donors (Lipinski definition) is 0. The summed E-state index contributed by atoms with van der Waals surface area (Å²) in [7, 11) is 0. The van der Waals surface area contributed by atoms with E-state index in [1.807, 2.05) is 0 Å². The van der Waals surface area contributed by atoms with Crippen LogP contribution < -0.4 is 4.57 Å². The number of rotatable bonds is 13. The molecular weight excluding hydrogens is 256 g/mol. The highest BCUT2D eigenvalue weighted by Crippen LogP contribution is 2.07. The van der Waals surface area contributed by atoms with E-state index in [4.69, 9.17) is 0 Å². The van der Waals surface area contributed by atoms with E-state index in [0.717, 1.165) is 0 Å². The Morgan fingerprint density at radius 1 is 0.810 bits per heavy atom. The third kappa shape index (κ3) is 7.15. The first kappa shape index (κ1) is 18.3. The molecule has 1 aromatic heterocycles. The Morgan fingerprint density at radius 3 is 2.19 bits per heavy atom. The van der Waals surface area contributed by atoms with E-state index in [9.17, 15) is 0 Å². The van der Waals surface area contributed by atoms with Gasteiger partial charge >= 0.3 is 0 Å². The second-order valence-electron chi connectivity index (χ2n) is 6.33. The van der Waals surface area contributed by atoms with Crippen LogP contribution in [0.25, 0.3) is 0 Å². The van der Waals surface area contributed by atoms with Gasteiger partial charge < -0.3 is 0 Å². The lowest BCUT2D eigenvalue weighted by atomic mass is 10.1. The van der Waals surface area contributed by atoms with Gasteiger partial charge in [-0.3, -0.25) is 0 Å². The minimum atomic E-state index is 1.20. The van der Waals surface area contributed by atoms with Gasteiger partial charge in [-0.05, 0) is 32.1 Å². The molecule has 0 aliphatic carbocycles. The summed E-state index contributed by atoms with van der Waals surface area (Å²) in [5.41, 5.74) is 0. The summed E-state index contributed by atoms with van der Waals surface area (Å²) in [5, 5.41) is 0. The Bertz CT molecular complexity index is 354. The summed E-state index contributed by atoms with van der Waals surface area (Å²) in [6, 6.07) is 0. The van der Waals surface area contributed by atoms with Crippen LogP contribution in [0.1, 0.15) is 90.8 Å². The average molecular weight is 294 g/mol. The third-order valence-electron chi connectivity index (χ3n) is 4.35. The molecular formula is C19H37N2+. The molecule has 0 radical (unpaired) electrons. The number of unbranched alkanes of at least 4 members (excludes halogenated alkanes) is 7. The lowest BCUT2D eigenvalue weighted by molar-refractivity contribution is -0.704. The third-order valence-corrected chi connectivity index (χ3v) is 4.35. The number of nitrogens with zero attached hydrogens (tertiary/aromatic N) is 2. The predicted molar refractivity (Wildman–Crippen MR) is 91.5 cm³/mol. The van der Waals surface area contributed by atoms with Gasteiger partial charge in [-0.25, -0.2) is 9.13 Å². The van der Waals surface area contributed by atoms with E-state index in [0.29, 0.717) is 0 Å². The molecule has 0 N–H and O–H groups in total. The fourth-order valence-corrected chi connectivity index (χ4v) is 2.95. The number of aromatic nitrogens is 2. The summed E-state index contributed by atoms with van der Waals surface area (Å²) < 4.78 is 5.03. The molecule has 0 saturated heterocycles. The number of aryl methyl sites for hydroxylation is 2. The van der Waals surface area contributed by atoms with Crippen molar-refractivity contribution >= 4 is 0 Å². The van der Waals surface area contributed by atoms with Crippen molar-refractivity contribution in [1.29, 1.82) is 0 Å². The van der Waals surface area contributed by atoms with E-state index in [2.05, 4.69) is 42.3 Å². The van der Waals surface area contributed by atoms with Crippen LogP contribution in [0.3, 0.4) is 0 Å². The van der Waals surface area contributed by atoms with Crippen molar-refractivity contribution in [2.75, 3.05) is 0 Å². The van der Waals surface area contributed by atoms with Crippen molar-refractivity contribution in [2.24, 2.45) is 0 Å². The minimum Gasteiger partial charge on any atom is -0.234 e. The molecule has 0 unspecified atom stereocenters. The van der Waals surface area contributed by atoms with Gasteiger partial charge in [0.25, 0.3) is 5.82 Å². The zero-order valence-corrected chi connectivity index (χ0v) is 14.7. The Morgan fingerprint density at radius 2 is 1.48 bits per heavy atom. The molecule has 2 nitrogen and oxygen atoms in total. The SMILES string of the molecule is CCCCCCC[n+]1ccn(CCCCC)c1CCCC. The van der Waals surface area contributed by atoms with Crippen molar-refractivity contribution < 1.29 is 4.57 Å². The highest BCUT2D eigenvalue weighted by Gasteiger charge is 2.15. The number of hydrogen-bond acceptors (Lipinski definition) is 0. The van der Waals surface area contributed by atoms with E-state index in [-0.39, 0.29) is 0 Å². The molecule has 0 amide bonds.